The molecule has 0 radical (unpaired) electrons. The molecule has 0 aromatic rings. The molecule has 1 amide bonds. The summed E-state index contributed by atoms with van der Waals surface area (Å²) < 4.78 is 17.8. The van der Waals surface area contributed by atoms with E-state index in [0.29, 0.717) is 24.9 Å². The lowest BCUT2D eigenvalue weighted by Gasteiger charge is -2.42. The van der Waals surface area contributed by atoms with Crippen LogP contribution in [0.3, 0.4) is 0 Å². The van der Waals surface area contributed by atoms with E-state index in [9.17, 15) is 15.0 Å². The van der Waals surface area contributed by atoms with Gasteiger partial charge in [-0.3, -0.25) is 4.79 Å². The number of allylic oxidation sites excluding steroid dienone is 3. The molecule has 3 aliphatic heterocycles. The maximum Gasteiger partial charge on any atom is 0.243 e. The van der Waals surface area contributed by atoms with Gasteiger partial charge < -0.3 is 29.7 Å². The van der Waals surface area contributed by atoms with Crippen LogP contribution < -0.4 is 5.32 Å². The number of amides is 1. The van der Waals surface area contributed by atoms with E-state index in [1.807, 2.05) is 52.8 Å². The molecule has 3 fully saturated rings. The zero-order valence-electron chi connectivity index (χ0n) is 21.5. The molecule has 1 spiro atoms. The summed E-state index contributed by atoms with van der Waals surface area (Å²) in [6.45, 7) is 12.5. The first-order valence-corrected chi connectivity index (χ1v) is 12.6. The number of rotatable bonds is 8. The number of hydrogen-bond donors (Lipinski definition) is 3. The third-order valence-corrected chi connectivity index (χ3v) is 7.19. The van der Waals surface area contributed by atoms with Crippen molar-refractivity contribution < 1.29 is 29.2 Å². The molecule has 7 heteroatoms. The highest BCUT2D eigenvalue weighted by Gasteiger charge is 2.61. The van der Waals surface area contributed by atoms with Crippen LogP contribution in [-0.4, -0.2) is 71.0 Å². The summed E-state index contributed by atoms with van der Waals surface area (Å²) in [4.78, 5) is 12.2. The molecule has 0 aliphatic carbocycles. The van der Waals surface area contributed by atoms with Gasteiger partial charge >= 0.3 is 0 Å². The Morgan fingerprint density at radius 2 is 1.97 bits per heavy atom. The standard InChI is InChI=1S/C27H43NO6/c1-17(2)7-12-24(30)28-21-13-19(4)22(33-20(21)5)10-8-18(3)9-11-23-25(31)27(16-32-27)14-26(6,15-29)34-23/h7-9,11-12,17,19-23,25,29,31H,10,13-16H2,1-6H3,(H,28,30)/b11-9+,12-7-,18-8+/t19-,20+,21+,22-,23+,25+,26+,27+/m0/s1. The van der Waals surface area contributed by atoms with E-state index >= 15 is 0 Å². The maximum absolute atomic E-state index is 12.2. The Balaban J connectivity index is 1.53. The number of ether oxygens (including phenoxy) is 3. The minimum Gasteiger partial charge on any atom is -0.393 e. The van der Waals surface area contributed by atoms with Crippen LogP contribution in [0.1, 0.15) is 60.8 Å². The highest BCUT2D eigenvalue weighted by atomic mass is 16.6. The van der Waals surface area contributed by atoms with Crippen LogP contribution >= 0.6 is 0 Å². The van der Waals surface area contributed by atoms with Gasteiger partial charge in [0.15, 0.2) is 0 Å². The number of carbonyl (C=O) groups excluding carboxylic acids is 1. The number of aliphatic hydroxyl groups is 2. The number of epoxide rings is 1. The average molecular weight is 478 g/mol. The third kappa shape index (κ3) is 6.79. The molecule has 0 aromatic heterocycles. The number of nitrogens with one attached hydrogen (secondary N) is 1. The lowest BCUT2D eigenvalue weighted by Crippen LogP contribution is -2.56. The van der Waals surface area contributed by atoms with Crippen molar-refractivity contribution in [3.63, 3.8) is 0 Å². The summed E-state index contributed by atoms with van der Waals surface area (Å²) in [5.74, 6) is 0.584. The van der Waals surface area contributed by atoms with Crippen molar-refractivity contribution in [3.05, 3.63) is 36.0 Å². The molecule has 34 heavy (non-hydrogen) atoms. The Kier molecular flexibility index (Phi) is 8.80. The van der Waals surface area contributed by atoms with Crippen LogP contribution in [0, 0.1) is 11.8 Å². The summed E-state index contributed by atoms with van der Waals surface area (Å²) >= 11 is 0. The molecule has 3 aliphatic rings. The summed E-state index contributed by atoms with van der Waals surface area (Å²) in [5, 5.41) is 23.5. The predicted octanol–water partition coefficient (Wildman–Crippen LogP) is 3.06. The van der Waals surface area contributed by atoms with Gasteiger partial charge in [0.1, 0.15) is 17.8 Å². The highest BCUT2D eigenvalue weighted by molar-refractivity contribution is 5.87. The van der Waals surface area contributed by atoms with Crippen molar-refractivity contribution in [2.75, 3.05) is 13.2 Å². The minimum atomic E-state index is -0.749. The van der Waals surface area contributed by atoms with Crippen LogP contribution in [0.25, 0.3) is 0 Å². The molecule has 3 saturated heterocycles. The predicted molar refractivity (Wildman–Crippen MR) is 131 cm³/mol. The second-order valence-corrected chi connectivity index (χ2v) is 11.0. The van der Waals surface area contributed by atoms with E-state index in [2.05, 4.69) is 18.3 Å². The number of hydrogen-bond acceptors (Lipinski definition) is 6. The fourth-order valence-corrected chi connectivity index (χ4v) is 4.91. The Morgan fingerprint density at radius 1 is 1.26 bits per heavy atom. The Hall–Kier alpha value is -1.51. The summed E-state index contributed by atoms with van der Waals surface area (Å²) in [6, 6.07) is 0.00303. The Labute approximate surface area is 204 Å². The second kappa shape index (κ2) is 11.0. The zero-order chi connectivity index (χ0) is 25.1. The van der Waals surface area contributed by atoms with Gasteiger partial charge in [-0.05, 0) is 51.5 Å². The molecule has 8 atom stereocenters. The van der Waals surface area contributed by atoms with Gasteiger partial charge in [0, 0.05) is 6.42 Å². The van der Waals surface area contributed by atoms with E-state index in [0.717, 1.165) is 18.4 Å². The average Bonchev–Trinajstić information content (AvgIpc) is 3.55. The van der Waals surface area contributed by atoms with Crippen molar-refractivity contribution in [2.24, 2.45) is 11.8 Å². The highest BCUT2D eigenvalue weighted by Crippen LogP contribution is 2.46. The van der Waals surface area contributed by atoms with Gasteiger partial charge in [-0.2, -0.15) is 0 Å². The van der Waals surface area contributed by atoms with Crippen molar-refractivity contribution >= 4 is 5.91 Å². The summed E-state index contributed by atoms with van der Waals surface area (Å²) in [5.41, 5.74) is -0.267. The van der Waals surface area contributed by atoms with E-state index in [-0.39, 0.29) is 30.8 Å². The topological polar surface area (TPSA) is 101 Å². The molecular weight excluding hydrogens is 434 g/mol. The smallest absolute Gasteiger partial charge is 0.243 e. The molecule has 3 heterocycles. The monoisotopic (exact) mass is 477 g/mol. The van der Waals surface area contributed by atoms with E-state index in [4.69, 9.17) is 14.2 Å². The van der Waals surface area contributed by atoms with Gasteiger partial charge in [-0.1, -0.05) is 50.6 Å². The Bertz CT molecular complexity index is 801. The second-order valence-electron chi connectivity index (χ2n) is 11.0. The third-order valence-electron chi connectivity index (χ3n) is 7.19. The van der Waals surface area contributed by atoms with Gasteiger partial charge in [-0.25, -0.2) is 0 Å². The molecule has 192 valence electrons. The van der Waals surface area contributed by atoms with E-state index in [1.165, 1.54) is 0 Å². The zero-order valence-corrected chi connectivity index (χ0v) is 21.5. The Morgan fingerprint density at radius 3 is 2.59 bits per heavy atom. The lowest BCUT2D eigenvalue weighted by molar-refractivity contribution is -0.192. The summed E-state index contributed by atoms with van der Waals surface area (Å²) in [6.07, 6.45) is 10.3. The van der Waals surface area contributed by atoms with Crippen LogP contribution in [-0.2, 0) is 19.0 Å². The fraction of sp³-hybridized carbons (Fsp3) is 0.741. The molecule has 7 nitrogen and oxygen atoms in total. The van der Waals surface area contributed by atoms with Crippen molar-refractivity contribution in [2.45, 2.75) is 102 Å². The maximum atomic E-state index is 12.2. The minimum absolute atomic E-state index is 0.00303. The molecule has 0 unspecified atom stereocenters. The molecule has 0 saturated carbocycles. The summed E-state index contributed by atoms with van der Waals surface area (Å²) in [7, 11) is 0. The van der Waals surface area contributed by atoms with Crippen molar-refractivity contribution in [1.29, 1.82) is 0 Å². The fourth-order valence-electron chi connectivity index (χ4n) is 4.91. The SMILES string of the molecule is CC(/C=C/[C@H]1O[C@@](C)(CO)C[C@@]2(CO2)[C@@H]1O)=C\C[C@@H]1O[C@H](C)[C@H](NC(=O)/C=C\C(C)C)C[C@@H]1C. The molecular formula is C27H43NO6. The van der Waals surface area contributed by atoms with Crippen molar-refractivity contribution in [1.82, 2.24) is 5.32 Å². The van der Waals surface area contributed by atoms with Gasteiger partial charge in [0.2, 0.25) is 5.91 Å². The number of carbonyl (C=O) groups is 1. The van der Waals surface area contributed by atoms with E-state index < -0.39 is 23.4 Å². The van der Waals surface area contributed by atoms with Gasteiger partial charge in [-0.15, -0.1) is 0 Å². The molecule has 3 N–H and O–H groups in total. The van der Waals surface area contributed by atoms with Crippen LogP contribution in [0.15, 0.2) is 36.0 Å². The quantitative estimate of drug-likeness (QED) is 0.282. The normalized spacial score (nSPS) is 41.0. The van der Waals surface area contributed by atoms with E-state index in [1.54, 1.807) is 6.08 Å². The van der Waals surface area contributed by atoms with Crippen molar-refractivity contribution in [3.8, 4) is 0 Å². The largest absolute Gasteiger partial charge is 0.393 e. The lowest BCUT2D eigenvalue weighted by atomic mass is 9.82. The van der Waals surface area contributed by atoms with Crippen LogP contribution in [0.5, 0.6) is 0 Å². The molecule has 3 rings (SSSR count). The first-order chi connectivity index (χ1) is 16.0. The molecule has 0 aromatic carbocycles. The first-order valence-electron chi connectivity index (χ1n) is 12.6. The van der Waals surface area contributed by atoms with Crippen LogP contribution in [0.4, 0.5) is 0 Å². The van der Waals surface area contributed by atoms with Crippen LogP contribution in [0.2, 0.25) is 0 Å². The first kappa shape index (κ1) is 27.1. The number of aliphatic hydroxyl groups excluding tert-OH is 2. The van der Waals surface area contributed by atoms with Gasteiger partial charge in [0.05, 0.1) is 37.1 Å². The molecule has 0 bridgehead atoms. The van der Waals surface area contributed by atoms with Gasteiger partial charge in [0.25, 0.3) is 0 Å².